The molecular weight excluding hydrogens is 220 g/mol. The summed E-state index contributed by atoms with van der Waals surface area (Å²) < 4.78 is 15.7. The Balaban J connectivity index is 4.60. The van der Waals surface area contributed by atoms with Crippen molar-refractivity contribution in [3.05, 3.63) is 0 Å². The molecule has 0 aliphatic carbocycles. The summed E-state index contributed by atoms with van der Waals surface area (Å²) in [6, 6.07) is 0. The van der Waals surface area contributed by atoms with E-state index < -0.39 is 11.9 Å². The van der Waals surface area contributed by atoms with Crippen molar-refractivity contribution in [1.29, 1.82) is 0 Å². The summed E-state index contributed by atoms with van der Waals surface area (Å²) in [6.07, 6.45) is 2.17. The number of unbranched alkanes of at least 4 members (excludes halogenated alkanes) is 1. The Kier molecular flexibility index (Phi) is 7.39. The summed E-state index contributed by atoms with van der Waals surface area (Å²) >= 11 is 0. The van der Waals surface area contributed by atoms with Gasteiger partial charge in [0.05, 0.1) is 0 Å². The topological polar surface area (TPSA) is 44.8 Å². The molecule has 0 bridgehead atoms. The third-order valence-electron chi connectivity index (χ3n) is 2.37. The van der Waals surface area contributed by atoms with Crippen LogP contribution in [0, 0.1) is 5.92 Å². The van der Waals surface area contributed by atoms with Gasteiger partial charge in [0.2, 0.25) is 0 Å². The maximum Gasteiger partial charge on any atom is 0.314 e. The van der Waals surface area contributed by atoms with Crippen molar-refractivity contribution in [2.24, 2.45) is 5.92 Å². The molecule has 0 aromatic heterocycles. The molecule has 0 N–H and O–H groups in total. The number of carbonyl (C=O) groups excluding carboxylic acids is 1. The molecule has 0 amide bonds. The van der Waals surface area contributed by atoms with Gasteiger partial charge in [0.15, 0.2) is 6.29 Å². The normalized spacial score (nSPS) is 13.8. The van der Waals surface area contributed by atoms with E-state index in [1.165, 1.54) is 14.2 Å². The largest absolute Gasteiger partial charge is 0.460 e. The van der Waals surface area contributed by atoms with Gasteiger partial charge >= 0.3 is 5.97 Å². The first-order valence-corrected chi connectivity index (χ1v) is 6.14. The maximum atomic E-state index is 12.0. The Morgan fingerprint density at radius 1 is 1.18 bits per heavy atom. The van der Waals surface area contributed by atoms with Gasteiger partial charge in [0.1, 0.15) is 11.5 Å². The summed E-state index contributed by atoms with van der Waals surface area (Å²) in [5, 5.41) is 0. The first-order chi connectivity index (χ1) is 7.85. The number of ether oxygens (including phenoxy) is 3. The fourth-order valence-corrected chi connectivity index (χ4v) is 1.59. The minimum Gasteiger partial charge on any atom is -0.460 e. The van der Waals surface area contributed by atoms with Crippen LogP contribution in [-0.2, 0) is 19.0 Å². The smallest absolute Gasteiger partial charge is 0.314 e. The monoisotopic (exact) mass is 246 g/mol. The Bertz CT molecular complexity index is 216. The van der Waals surface area contributed by atoms with Crippen LogP contribution in [0.2, 0.25) is 0 Å². The molecule has 0 heterocycles. The van der Waals surface area contributed by atoms with Gasteiger partial charge in [-0.1, -0.05) is 19.8 Å². The zero-order chi connectivity index (χ0) is 13.5. The van der Waals surface area contributed by atoms with Gasteiger partial charge in [-0.15, -0.1) is 0 Å². The van der Waals surface area contributed by atoms with E-state index in [-0.39, 0.29) is 11.9 Å². The van der Waals surface area contributed by atoms with Gasteiger partial charge in [0.25, 0.3) is 0 Å². The van der Waals surface area contributed by atoms with Crippen LogP contribution < -0.4 is 0 Å². The molecule has 0 fully saturated rings. The molecule has 0 aromatic rings. The second-order valence-corrected chi connectivity index (χ2v) is 5.12. The molecule has 4 heteroatoms. The number of hydrogen-bond donors (Lipinski definition) is 0. The first-order valence-electron chi connectivity index (χ1n) is 6.14. The van der Waals surface area contributed by atoms with Crippen molar-refractivity contribution in [2.45, 2.75) is 58.8 Å². The average molecular weight is 246 g/mol. The molecule has 0 aromatic carbocycles. The highest BCUT2D eigenvalue weighted by atomic mass is 16.7. The maximum absolute atomic E-state index is 12.0. The van der Waals surface area contributed by atoms with E-state index in [1.807, 2.05) is 20.8 Å². The van der Waals surface area contributed by atoms with Crippen molar-refractivity contribution in [1.82, 2.24) is 0 Å². The van der Waals surface area contributed by atoms with E-state index in [0.29, 0.717) is 0 Å². The number of methoxy groups -OCH3 is 2. The third-order valence-corrected chi connectivity index (χ3v) is 2.37. The van der Waals surface area contributed by atoms with Gasteiger partial charge in [-0.2, -0.15) is 0 Å². The highest BCUT2D eigenvalue weighted by Crippen LogP contribution is 2.21. The Labute approximate surface area is 105 Å². The Hall–Kier alpha value is -0.610. The zero-order valence-electron chi connectivity index (χ0n) is 11.9. The molecule has 1 unspecified atom stereocenters. The fourth-order valence-electron chi connectivity index (χ4n) is 1.59. The van der Waals surface area contributed by atoms with Crippen LogP contribution in [0.15, 0.2) is 0 Å². The molecule has 0 spiro atoms. The third kappa shape index (κ3) is 6.64. The van der Waals surface area contributed by atoms with E-state index >= 15 is 0 Å². The average Bonchev–Trinajstić information content (AvgIpc) is 2.21. The molecule has 4 nitrogen and oxygen atoms in total. The zero-order valence-corrected chi connectivity index (χ0v) is 11.9. The van der Waals surface area contributed by atoms with E-state index in [1.54, 1.807) is 0 Å². The molecule has 0 rings (SSSR count). The number of hydrogen-bond acceptors (Lipinski definition) is 4. The summed E-state index contributed by atoms with van der Waals surface area (Å²) in [7, 11) is 3.08. The lowest BCUT2D eigenvalue weighted by molar-refractivity contribution is -0.186. The van der Waals surface area contributed by atoms with Crippen molar-refractivity contribution in [3.63, 3.8) is 0 Å². The lowest BCUT2D eigenvalue weighted by Crippen LogP contribution is -2.36. The second-order valence-electron chi connectivity index (χ2n) is 5.12. The Morgan fingerprint density at radius 2 is 1.71 bits per heavy atom. The fraction of sp³-hybridized carbons (Fsp3) is 0.923. The minimum absolute atomic E-state index is 0.250. The predicted octanol–water partition coefficient (Wildman–Crippen LogP) is 2.75. The summed E-state index contributed by atoms with van der Waals surface area (Å²) in [4.78, 5) is 12.0. The predicted molar refractivity (Wildman–Crippen MR) is 66.7 cm³/mol. The van der Waals surface area contributed by atoms with Crippen molar-refractivity contribution >= 4 is 5.97 Å². The van der Waals surface area contributed by atoms with Crippen LogP contribution in [0.5, 0.6) is 0 Å². The summed E-state index contributed by atoms with van der Waals surface area (Å²) in [6.45, 7) is 7.66. The SMILES string of the molecule is CCCCC(C(=O)OC(C)(C)C)C(OC)OC. The van der Waals surface area contributed by atoms with Gasteiger partial charge < -0.3 is 14.2 Å². The molecule has 0 saturated carbocycles. The molecule has 0 saturated heterocycles. The van der Waals surface area contributed by atoms with E-state index in [0.717, 1.165) is 19.3 Å². The van der Waals surface area contributed by atoms with Gasteiger partial charge in [-0.25, -0.2) is 0 Å². The second kappa shape index (κ2) is 7.67. The first kappa shape index (κ1) is 16.4. The molecule has 0 aliphatic heterocycles. The van der Waals surface area contributed by atoms with Crippen LogP contribution in [0.4, 0.5) is 0 Å². The lowest BCUT2D eigenvalue weighted by Gasteiger charge is -2.27. The van der Waals surface area contributed by atoms with Gasteiger partial charge in [-0.3, -0.25) is 4.79 Å². The molecule has 102 valence electrons. The number of carbonyl (C=O) groups is 1. The number of rotatable bonds is 7. The summed E-state index contributed by atoms with van der Waals surface area (Å²) in [5.74, 6) is -0.608. The van der Waals surface area contributed by atoms with E-state index in [2.05, 4.69) is 6.92 Å². The highest BCUT2D eigenvalue weighted by Gasteiger charge is 2.31. The standard InChI is InChI=1S/C13H26O4/c1-7-8-9-10(12(15-5)16-6)11(14)17-13(2,3)4/h10,12H,7-9H2,1-6H3. The van der Waals surface area contributed by atoms with Crippen LogP contribution in [0.1, 0.15) is 47.0 Å². The van der Waals surface area contributed by atoms with Crippen molar-refractivity contribution in [3.8, 4) is 0 Å². The molecular formula is C13H26O4. The lowest BCUT2D eigenvalue weighted by atomic mass is 10.0. The minimum atomic E-state index is -0.531. The van der Waals surface area contributed by atoms with Crippen LogP contribution >= 0.6 is 0 Å². The number of esters is 1. The van der Waals surface area contributed by atoms with Crippen LogP contribution in [0.3, 0.4) is 0 Å². The van der Waals surface area contributed by atoms with Gasteiger partial charge in [-0.05, 0) is 27.2 Å². The van der Waals surface area contributed by atoms with Crippen LogP contribution in [-0.4, -0.2) is 32.1 Å². The molecule has 0 radical (unpaired) electrons. The highest BCUT2D eigenvalue weighted by molar-refractivity contribution is 5.73. The molecule has 0 aliphatic rings. The summed E-state index contributed by atoms with van der Waals surface area (Å²) in [5.41, 5.74) is -0.479. The van der Waals surface area contributed by atoms with E-state index in [4.69, 9.17) is 14.2 Å². The molecule has 17 heavy (non-hydrogen) atoms. The van der Waals surface area contributed by atoms with Crippen molar-refractivity contribution < 1.29 is 19.0 Å². The van der Waals surface area contributed by atoms with Crippen LogP contribution in [0.25, 0.3) is 0 Å². The van der Waals surface area contributed by atoms with Gasteiger partial charge in [0, 0.05) is 14.2 Å². The molecule has 1 atom stereocenters. The van der Waals surface area contributed by atoms with E-state index in [9.17, 15) is 4.79 Å². The Morgan fingerprint density at radius 3 is 2.06 bits per heavy atom. The van der Waals surface area contributed by atoms with Crippen molar-refractivity contribution in [2.75, 3.05) is 14.2 Å². The quantitative estimate of drug-likeness (QED) is 0.512.